The first-order valence-electron chi connectivity index (χ1n) is 5.66. The molecule has 100 valence electrons. The van der Waals surface area contributed by atoms with Crippen LogP contribution in [-0.4, -0.2) is 4.98 Å². The van der Waals surface area contributed by atoms with Crippen molar-refractivity contribution in [3.63, 3.8) is 0 Å². The summed E-state index contributed by atoms with van der Waals surface area (Å²) in [5, 5.41) is 0.327. The first-order valence-corrected chi connectivity index (χ1v) is 6.04. The second-order valence-electron chi connectivity index (χ2n) is 4.19. The van der Waals surface area contributed by atoms with E-state index in [2.05, 4.69) is 10.4 Å². The molecule has 0 aliphatic heterocycles. The highest BCUT2D eigenvalue weighted by atomic mass is 35.5. The molecule has 0 spiro atoms. The molecule has 1 aromatic heterocycles. The van der Waals surface area contributed by atoms with Crippen molar-refractivity contribution < 1.29 is 4.39 Å². The van der Waals surface area contributed by atoms with Crippen LogP contribution < -0.4 is 17.0 Å². The quantitative estimate of drug-likeness (QED) is 0.596. The van der Waals surface area contributed by atoms with Crippen molar-refractivity contribution in [3.05, 3.63) is 58.0 Å². The standard InChI is InChI=1S/C13H14ClFN4/c1-7-4-5-18-13(16)11(7)12(19-17)9-3-2-8(14)6-10(9)15/h2-6,12,19H,17H2,1H3,(H2,16,18). The number of aryl methyl sites for hydroxylation is 1. The highest BCUT2D eigenvalue weighted by Gasteiger charge is 2.21. The summed E-state index contributed by atoms with van der Waals surface area (Å²) in [5.74, 6) is 5.42. The van der Waals surface area contributed by atoms with Crippen LogP contribution in [0.3, 0.4) is 0 Å². The number of benzene rings is 1. The smallest absolute Gasteiger partial charge is 0.129 e. The minimum atomic E-state index is -0.578. The van der Waals surface area contributed by atoms with Crippen LogP contribution in [0.1, 0.15) is 22.7 Å². The lowest BCUT2D eigenvalue weighted by Gasteiger charge is -2.20. The van der Waals surface area contributed by atoms with Crippen molar-refractivity contribution in [2.75, 3.05) is 5.73 Å². The Labute approximate surface area is 115 Å². The molecule has 5 N–H and O–H groups in total. The largest absolute Gasteiger partial charge is 0.383 e. The number of rotatable bonds is 3. The van der Waals surface area contributed by atoms with Gasteiger partial charge in [0, 0.05) is 22.3 Å². The predicted molar refractivity (Wildman–Crippen MR) is 74.0 cm³/mol. The topological polar surface area (TPSA) is 77.0 Å². The van der Waals surface area contributed by atoms with E-state index in [9.17, 15) is 4.39 Å². The van der Waals surface area contributed by atoms with E-state index >= 15 is 0 Å². The molecule has 4 nitrogen and oxygen atoms in total. The number of nitrogens with one attached hydrogen (secondary N) is 1. The minimum Gasteiger partial charge on any atom is -0.383 e. The number of pyridine rings is 1. The Kier molecular flexibility index (Phi) is 3.99. The zero-order valence-electron chi connectivity index (χ0n) is 10.3. The van der Waals surface area contributed by atoms with E-state index in [1.807, 2.05) is 6.92 Å². The van der Waals surface area contributed by atoms with Gasteiger partial charge in [-0.25, -0.2) is 14.8 Å². The molecule has 1 aromatic carbocycles. The van der Waals surface area contributed by atoms with Crippen molar-refractivity contribution in [1.82, 2.24) is 10.4 Å². The molecule has 0 saturated carbocycles. The van der Waals surface area contributed by atoms with Gasteiger partial charge in [0.1, 0.15) is 11.6 Å². The maximum Gasteiger partial charge on any atom is 0.129 e. The summed E-state index contributed by atoms with van der Waals surface area (Å²) in [6.07, 6.45) is 1.60. The zero-order valence-corrected chi connectivity index (χ0v) is 11.1. The molecular weight excluding hydrogens is 267 g/mol. The number of hydrogen-bond donors (Lipinski definition) is 3. The van der Waals surface area contributed by atoms with E-state index in [1.54, 1.807) is 24.4 Å². The number of anilines is 1. The molecule has 1 heterocycles. The average molecular weight is 281 g/mol. The lowest BCUT2D eigenvalue weighted by atomic mass is 9.96. The molecule has 19 heavy (non-hydrogen) atoms. The molecule has 0 radical (unpaired) electrons. The van der Waals surface area contributed by atoms with E-state index in [0.717, 1.165) is 5.56 Å². The number of hydrogen-bond acceptors (Lipinski definition) is 4. The zero-order chi connectivity index (χ0) is 14.0. The predicted octanol–water partition coefficient (Wildman–Crippen LogP) is 2.32. The molecule has 2 aromatic rings. The summed E-state index contributed by atoms with van der Waals surface area (Å²) < 4.78 is 14.0. The maximum atomic E-state index is 14.0. The van der Waals surface area contributed by atoms with E-state index < -0.39 is 11.9 Å². The Hall–Kier alpha value is -1.69. The molecule has 1 unspecified atom stereocenters. The van der Waals surface area contributed by atoms with Crippen molar-refractivity contribution >= 4 is 17.4 Å². The second-order valence-corrected chi connectivity index (χ2v) is 4.63. The Morgan fingerprint density at radius 2 is 2.11 bits per heavy atom. The number of halogens is 2. The summed E-state index contributed by atoms with van der Waals surface area (Å²) in [5.41, 5.74) is 10.3. The van der Waals surface area contributed by atoms with Crippen molar-refractivity contribution in [1.29, 1.82) is 0 Å². The third kappa shape index (κ3) is 2.68. The molecule has 2 rings (SSSR count). The number of nitrogens with zero attached hydrogens (tertiary/aromatic N) is 1. The van der Waals surface area contributed by atoms with Crippen LogP contribution in [0.4, 0.5) is 10.2 Å². The van der Waals surface area contributed by atoms with Gasteiger partial charge in [-0.3, -0.25) is 5.84 Å². The maximum absolute atomic E-state index is 14.0. The van der Waals surface area contributed by atoms with Crippen molar-refractivity contribution in [3.8, 4) is 0 Å². The van der Waals surface area contributed by atoms with Crippen LogP contribution in [0.25, 0.3) is 0 Å². The van der Waals surface area contributed by atoms with Gasteiger partial charge in [0.25, 0.3) is 0 Å². The van der Waals surface area contributed by atoms with Gasteiger partial charge in [-0.2, -0.15) is 0 Å². The summed E-state index contributed by atoms with van der Waals surface area (Å²) in [4.78, 5) is 4.02. The highest BCUT2D eigenvalue weighted by molar-refractivity contribution is 6.30. The fraction of sp³-hybridized carbons (Fsp3) is 0.154. The fourth-order valence-corrected chi connectivity index (χ4v) is 2.19. The van der Waals surface area contributed by atoms with Crippen LogP contribution in [0.2, 0.25) is 5.02 Å². The van der Waals surface area contributed by atoms with Gasteiger partial charge in [0.15, 0.2) is 0 Å². The Morgan fingerprint density at radius 1 is 1.37 bits per heavy atom. The van der Waals surface area contributed by atoms with Gasteiger partial charge in [0.2, 0.25) is 0 Å². The summed E-state index contributed by atoms with van der Waals surface area (Å²) in [7, 11) is 0. The van der Waals surface area contributed by atoms with Gasteiger partial charge in [-0.05, 0) is 30.7 Å². The van der Waals surface area contributed by atoms with Gasteiger partial charge in [-0.1, -0.05) is 17.7 Å². The fourth-order valence-electron chi connectivity index (χ4n) is 2.03. The van der Waals surface area contributed by atoms with Gasteiger partial charge < -0.3 is 5.73 Å². The monoisotopic (exact) mass is 280 g/mol. The number of nitrogens with two attached hydrogens (primary N) is 2. The Bertz CT molecular complexity index is 583. The lowest BCUT2D eigenvalue weighted by Crippen LogP contribution is -2.31. The normalized spacial score (nSPS) is 12.4. The van der Waals surface area contributed by atoms with E-state index in [-0.39, 0.29) is 0 Å². The number of nitrogen functional groups attached to an aromatic ring is 1. The van der Waals surface area contributed by atoms with E-state index in [4.69, 9.17) is 23.2 Å². The molecule has 0 aliphatic rings. The summed E-state index contributed by atoms with van der Waals surface area (Å²) in [6.45, 7) is 1.87. The van der Waals surface area contributed by atoms with Gasteiger partial charge in [0.05, 0.1) is 6.04 Å². The SMILES string of the molecule is Cc1ccnc(N)c1C(NN)c1ccc(Cl)cc1F. The molecule has 0 fully saturated rings. The molecule has 1 atom stereocenters. The third-order valence-electron chi connectivity index (χ3n) is 2.97. The number of aromatic nitrogens is 1. The molecule has 6 heteroatoms. The molecule has 0 amide bonds. The highest BCUT2D eigenvalue weighted by Crippen LogP contribution is 2.30. The molecular formula is C13H14ClFN4. The first kappa shape index (κ1) is 13.7. The Morgan fingerprint density at radius 3 is 2.68 bits per heavy atom. The average Bonchev–Trinajstić information content (AvgIpc) is 2.35. The van der Waals surface area contributed by atoms with E-state index in [0.29, 0.717) is 22.0 Å². The minimum absolute atomic E-state index is 0.317. The van der Waals surface area contributed by atoms with Crippen LogP contribution in [0.15, 0.2) is 30.5 Å². The third-order valence-corrected chi connectivity index (χ3v) is 3.20. The lowest BCUT2D eigenvalue weighted by molar-refractivity contribution is 0.559. The molecule has 0 bridgehead atoms. The first-order chi connectivity index (χ1) is 9.04. The van der Waals surface area contributed by atoms with Crippen molar-refractivity contribution in [2.24, 2.45) is 5.84 Å². The molecule has 0 saturated heterocycles. The summed E-state index contributed by atoms with van der Waals surface area (Å²) in [6, 6.07) is 5.64. The summed E-state index contributed by atoms with van der Waals surface area (Å²) >= 11 is 5.74. The van der Waals surface area contributed by atoms with Crippen molar-refractivity contribution in [2.45, 2.75) is 13.0 Å². The van der Waals surface area contributed by atoms with Crippen LogP contribution >= 0.6 is 11.6 Å². The van der Waals surface area contributed by atoms with Gasteiger partial charge in [-0.15, -0.1) is 0 Å². The van der Waals surface area contributed by atoms with Crippen LogP contribution in [0.5, 0.6) is 0 Å². The number of hydrazine groups is 1. The van der Waals surface area contributed by atoms with Crippen LogP contribution in [0, 0.1) is 12.7 Å². The second kappa shape index (κ2) is 5.52. The van der Waals surface area contributed by atoms with Crippen LogP contribution in [-0.2, 0) is 0 Å². The van der Waals surface area contributed by atoms with Gasteiger partial charge >= 0.3 is 0 Å². The van der Waals surface area contributed by atoms with E-state index in [1.165, 1.54) is 6.07 Å². The Balaban J connectivity index is 2.56. The molecule has 0 aliphatic carbocycles.